The van der Waals surface area contributed by atoms with Gasteiger partial charge in [-0.2, -0.15) is 0 Å². The van der Waals surface area contributed by atoms with Gasteiger partial charge in [0, 0.05) is 12.6 Å². The van der Waals surface area contributed by atoms with Crippen molar-refractivity contribution in [2.45, 2.75) is 0 Å². The Morgan fingerprint density at radius 2 is 1.83 bits per heavy atom. The number of anilines is 2. The molecule has 1 nitrogen and oxygen atoms in total. The van der Waals surface area contributed by atoms with Gasteiger partial charge in [-0.3, -0.25) is 0 Å². The van der Waals surface area contributed by atoms with E-state index < -0.39 is 11.6 Å². The van der Waals surface area contributed by atoms with Gasteiger partial charge in [0.05, 0.1) is 11.4 Å². The van der Waals surface area contributed by atoms with Crippen molar-refractivity contribution in [1.29, 1.82) is 0 Å². The van der Waals surface area contributed by atoms with Crippen LogP contribution in [0.25, 0.3) is 0 Å². The van der Waals surface area contributed by atoms with E-state index in [2.05, 4.69) is 12.6 Å². The molecule has 2 aromatic carbocycles. The highest BCUT2D eigenvalue weighted by Crippen LogP contribution is 2.29. The van der Waals surface area contributed by atoms with Crippen LogP contribution in [0.2, 0.25) is 0 Å². The molecule has 0 spiro atoms. The Labute approximate surface area is 105 Å². The van der Waals surface area contributed by atoms with Crippen LogP contribution in [0.1, 0.15) is 0 Å². The van der Waals surface area contributed by atoms with Gasteiger partial charge in [-0.15, -0.1) is 6.58 Å². The second-order valence-electron chi connectivity index (χ2n) is 3.72. The van der Waals surface area contributed by atoms with Crippen LogP contribution < -0.4 is 4.90 Å². The summed E-state index contributed by atoms with van der Waals surface area (Å²) in [4.78, 5) is 1.50. The van der Waals surface area contributed by atoms with Gasteiger partial charge in [0.2, 0.25) is 0 Å². The summed E-state index contributed by atoms with van der Waals surface area (Å²) < 4.78 is 27.5. The molecule has 0 atom stereocenters. The Morgan fingerprint density at radius 3 is 2.50 bits per heavy atom. The van der Waals surface area contributed by atoms with Crippen LogP contribution in [0.5, 0.6) is 0 Å². The molecule has 0 aromatic heterocycles. The minimum Gasteiger partial charge on any atom is -0.332 e. The largest absolute Gasteiger partial charge is 0.332 e. The second-order valence-corrected chi connectivity index (χ2v) is 3.72. The highest BCUT2D eigenvalue weighted by Gasteiger charge is 2.15. The van der Waals surface area contributed by atoms with Gasteiger partial charge in [-0.25, -0.2) is 8.78 Å². The molecule has 0 unspecified atom stereocenters. The molecule has 0 aliphatic heterocycles. The zero-order chi connectivity index (χ0) is 13.0. The number of para-hydroxylation sites is 2. The molecule has 1 radical (unpaired) electrons. The van der Waals surface area contributed by atoms with Crippen LogP contribution >= 0.6 is 0 Å². The number of hydrogen-bond acceptors (Lipinski definition) is 1. The quantitative estimate of drug-likeness (QED) is 0.732. The van der Waals surface area contributed by atoms with E-state index in [-0.39, 0.29) is 5.69 Å². The SMILES string of the molecule is C=CCN(c1[c]cccc1F)c1ccccc1F. The zero-order valence-corrected chi connectivity index (χ0v) is 9.74. The molecule has 91 valence electrons. The first-order chi connectivity index (χ1) is 8.74. The van der Waals surface area contributed by atoms with Gasteiger partial charge in [0.15, 0.2) is 0 Å². The molecule has 0 heterocycles. The third kappa shape index (κ3) is 2.40. The molecule has 2 aromatic rings. The van der Waals surface area contributed by atoms with Crippen LogP contribution in [0.3, 0.4) is 0 Å². The summed E-state index contributed by atoms with van der Waals surface area (Å²) >= 11 is 0. The van der Waals surface area contributed by atoms with Crippen LogP contribution in [0.15, 0.2) is 55.1 Å². The van der Waals surface area contributed by atoms with Crippen LogP contribution in [0.4, 0.5) is 20.2 Å². The van der Waals surface area contributed by atoms with Crippen molar-refractivity contribution >= 4 is 11.4 Å². The van der Waals surface area contributed by atoms with Gasteiger partial charge < -0.3 is 4.90 Å². The summed E-state index contributed by atoms with van der Waals surface area (Å²) in [5.74, 6) is -0.849. The number of hydrogen-bond donors (Lipinski definition) is 0. The Kier molecular flexibility index (Phi) is 3.72. The van der Waals surface area contributed by atoms with Gasteiger partial charge in [-0.05, 0) is 18.2 Å². The average Bonchev–Trinajstić information content (AvgIpc) is 2.38. The lowest BCUT2D eigenvalue weighted by molar-refractivity contribution is 0.615. The molecule has 2 rings (SSSR count). The van der Waals surface area contributed by atoms with Crippen molar-refractivity contribution in [3.05, 3.63) is 72.8 Å². The summed E-state index contributed by atoms with van der Waals surface area (Å²) in [7, 11) is 0. The van der Waals surface area contributed by atoms with Gasteiger partial charge in [0.1, 0.15) is 11.6 Å². The predicted octanol–water partition coefficient (Wildman–Crippen LogP) is 4.09. The predicted molar refractivity (Wildman–Crippen MR) is 68.8 cm³/mol. The number of benzene rings is 2. The molecule has 18 heavy (non-hydrogen) atoms. The Bertz CT molecular complexity index is 506. The number of nitrogens with zero attached hydrogens (tertiary/aromatic N) is 1. The van der Waals surface area contributed by atoms with E-state index in [1.54, 1.807) is 36.4 Å². The van der Waals surface area contributed by atoms with Crippen LogP contribution in [-0.4, -0.2) is 6.54 Å². The number of halogens is 2. The summed E-state index contributed by atoms with van der Waals surface area (Å²) in [6.45, 7) is 3.91. The molecule has 0 fully saturated rings. The lowest BCUT2D eigenvalue weighted by atomic mass is 10.2. The van der Waals surface area contributed by atoms with E-state index >= 15 is 0 Å². The molecule has 0 saturated heterocycles. The summed E-state index contributed by atoms with van der Waals surface area (Å²) in [5, 5.41) is 0. The van der Waals surface area contributed by atoms with E-state index in [1.807, 2.05) is 0 Å². The Balaban J connectivity index is 2.50. The normalized spacial score (nSPS) is 10.1. The fourth-order valence-electron chi connectivity index (χ4n) is 1.72. The van der Waals surface area contributed by atoms with E-state index in [0.29, 0.717) is 12.2 Å². The van der Waals surface area contributed by atoms with E-state index in [4.69, 9.17) is 0 Å². The van der Waals surface area contributed by atoms with Crippen molar-refractivity contribution in [3.8, 4) is 0 Å². The Hall–Kier alpha value is -2.16. The fraction of sp³-hybridized carbons (Fsp3) is 0.0667. The smallest absolute Gasteiger partial charge is 0.147 e. The Morgan fingerprint density at radius 1 is 1.11 bits per heavy atom. The molecule has 0 saturated carbocycles. The zero-order valence-electron chi connectivity index (χ0n) is 9.74. The first-order valence-electron chi connectivity index (χ1n) is 5.53. The first-order valence-corrected chi connectivity index (χ1v) is 5.53. The molecule has 3 heteroatoms. The third-order valence-electron chi connectivity index (χ3n) is 2.51. The highest BCUT2D eigenvalue weighted by atomic mass is 19.1. The van der Waals surface area contributed by atoms with Crippen molar-refractivity contribution in [3.63, 3.8) is 0 Å². The van der Waals surface area contributed by atoms with Gasteiger partial charge in [-0.1, -0.05) is 30.3 Å². The maximum atomic E-state index is 13.8. The average molecular weight is 244 g/mol. The topological polar surface area (TPSA) is 3.24 Å². The molecule has 0 bridgehead atoms. The fourth-order valence-corrected chi connectivity index (χ4v) is 1.72. The molecular weight excluding hydrogens is 232 g/mol. The van der Waals surface area contributed by atoms with Crippen molar-refractivity contribution in [2.75, 3.05) is 11.4 Å². The van der Waals surface area contributed by atoms with Gasteiger partial charge in [0.25, 0.3) is 0 Å². The maximum absolute atomic E-state index is 13.8. The van der Waals surface area contributed by atoms with E-state index in [0.717, 1.165) is 0 Å². The molecule has 0 aliphatic rings. The second kappa shape index (κ2) is 5.45. The lowest BCUT2D eigenvalue weighted by Gasteiger charge is -2.24. The first kappa shape index (κ1) is 12.3. The third-order valence-corrected chi connectivity index (χ3v) is 2.51. The van der Waals surface area contributed by atoms with Gasteiger partial charge >= 0.3 is 0 Å². The summed E-state index contributed by atoms with van der Waals surface area (Å²) in [5.41, 5.74) is 0.515. The van der Waals surface area contributed by atoms with Crippen molar-refractivity contribution < 1.29 is 8.78 Å². The minimum absolute atomic E-state index is 0.211. The lowest BCUT2D eigenvalue weighted by Crippen LogP contribution is -2.19. The van der Waals surface area contributed by atoms with Crippen molar-refractivity contribution in [1.82, 2.24) is 0 Å². The maximum Gasteiger partial charge on any atom is 0.147 e. The monoisotopic (exact) mass is 244 g/mol. The highest BCUT2D eigenvalue weighted by molar-refractivity contribution is 5.64. The van der Waals surface area contributed by atoms with Crippen LogP contribution in [0, 0.1) is 17.7 Å². The van der Waals surface area contributed by atoms with E-state index in [9.17, 15) is 8.78 Å². The summed E-state index contributed by atoms with van der Waals surface area (Å²) in [6, 6.07) is 13.5. The summed E-state index contributed by atoms with van der Waals surface area (Å²) in [6.07, 6.45) is 1.59. The van der Waals surface area contributed by atoms with Crippen LogP contribution in [-0.2, 0) is 0 Å². The standard InChI is InChI=1S/C15H12F2N/c1-2-11-18(14-9-5-3-7-12(14)16)15-10-6-4-8-13(15)17/h2-9H,1,11H2. The van der Waals surface area contributed by atoms with Crippen molar-refractivity contribution in [2.24, 2.45) is 0 Å². The minimum atomic E-state index is -0.442. The molecule has 0 N–H and O–H groups in total. The number of rotatable bonds is 4. The van der Waals surface area contributed by atoms with E-state index in [1.165, 1.54) is 17.0 Å². The molecule has 0 amide bonds. The molecular formula is C15H12F2N. The molecule has 0 aliphatic carbocycles.